The third-order valence-corrected chi connectivity index (χ3v) is 2.92. The topological polar surface area (TPSA) is 58.6 Å². The van der Waals surface area contributed by atoms with E-state index in [1.165, 1.54) is 0 Å². The Hall–Kier alpha value is -0.680. The van der Waals surface area contributed by atoms with Gasteiger partial charge in [-0.25, -0.2) is 4.79 Å². The van der Waals surface area contributed by atoms with E-state index in [1.807, 2.05) is 0 Å². The molecule has 7 heteroatoms. The van der Waals surface area contributed by atoms with Gasteiger partial charge in [-0.2, -0.15) is 0 Å². The predicted octanol–water partition coefficient (Wildman–Crippen LogP) is 2.95. The maximum absolute atomic E-state index is 11.1. The van der Waals surface area contributed by atoms with Crippen LogP contribution in [-0.2, 0) is 9.53 Å². The van der Waals surface area contributed by atoms with Gasteiger partial charge in [-0.1, -0.05) is 53.0 Å². The molecule has 0 bridgehead atoms. The Balaban J connectivity index is 2.40. The van der Waals surface area contributed by atoms with Gasteiger partial charge in [0.2, 0.25) is 3.79 Å². The van der Waals surface area contributed by atoms with E-state index in [1.54, 1.807) is 24.3 Å². The van der Waals surface area contributed by atoms with Crippen molar-refractivity contribution in [3.63, 3.8) is 0 Å². The number of anilines is 1. The molecular weight excluding hydrogens is 288 g/mol. The van der Waals surface area contributed by atoms with E-state index in [4.69, 9.17) is 44.6 Å². The Bertz CT molecular complexity index is 447. The van der Waals surface area contributed by atoms with Gasteiger partial charge in [0.1, 0.15) is 0 Å². The summed E-state index contributed by atoms with van der Waals surface area (Å²) in [6, 6.07) is 6.83. The maximum atomic E-state index is 11.1. The number of hydrogen-bond donors (Lipinski definition) is 2. The molecule has 2 N–H and O–H groups in total. The minimum Gasteiger partial charge on any atom is -0.479 e. The molecule has 0 fully saturated rings. The zero-order chi connectivity index (χ0) is 12.6. The highest BCUT2D eigenvalue weighted by Crippen LogP contribution is 2.40. The fourth-order valence-electron chi connectivity index (χ4n) is 1.59. The number of hydrogen-bond acceptors (Lipinski definition) is 3. The van der Waals surface area contributed by atoms with Crippen LogP contribution in [0.2, 0.25) is 0 Å². The molecule has 0 aliphatic carbocycles. The highest BCUT2D eigenvalue weighted by Gasteiger charge is 2.41. The maximum Gasteiger partial charge on any atom is 0.337 e. The van der Waals surface area contributed by atoms with Crippen LogP contribution in [0, 0.1) is 0 Å². The molecule has 2 rings (SSSR count). The third kappa shape index (κ3) is 2.60. The predicted molar refractivity (Wildman–Crippen MR) is 65.6 cm³/mol. The molecule has 2 atom stereocenters. The molecule has 0 amide bonds. The second-order valence-corrected chi connectivity index (χ2v) is 5.88. The monoisotopic (exact) mass is 295 g/mol. The van der Waals surface area contributed by atoms with Crippen LogP contribution in [0.1, 0.15) is 11.7 Å². The minimum atomic E-state index is -1.75. The highest BCUT2D eigenvalue weighted by molar-refractivity contribution is 6.68. The highest BCUT2D eigenvalue weighted by atomic mass is 35.6. The molecule has 0 saturated carbocycles. The molecule has 0 saturated heterocycles. The van der Waals surface area contributed by atoms with Crippen molar-refractivity contribution in [2.24, 2.45) is 0 Å². The SMILES string of the molecule is O=C(O)C1OC(C(Cl)(Cl)Cl)Nc2ccccc21. The summed E-state index contributed by atoms with van der Waals surface area (Å²) in [6.45, 7) is 0. The molecule has 0 aromatic heterocycles. The molecule has 0 spiro atoms. The van der Waals surface area contributed by atoms with Crippen LogP contribution in [0.5, 0.6) is 0 Å². The largest absolute Gasteiger partial charge is 0.479 e. The average Bonchev–Trinajstić information content (AvgIpc) is 2.26. The lowest BCUT2D eigenvalue weighted by Crippen LogP contribution is -2.42. The Morgan fingerprint density at radius 3 is 2.59 bits per heavy atom. The van der Waals surface area contributed by atoms with Crippen LogP contribution in [0.3, 0.4) is 0 Å². The summed E-state index contributed by atoms with van der Waals surface area (Å²) >= 11 is 17.1. The Morgan fingerprint density at radius 2 is 2.00 bits per heavy atom. The molecule has 1 heterocycles. The van der Waals surface area contributed by atoms with Crippen molar-refractivity contribution in [1.29, 1.82) is 0 Å². The average molecular weight is 297 g/mol. The van der Waals surface area contributed by atoms with Crippen molar-refractivity contribution < 1.29 is 14.6 Å². The summed E-state index contributed by atoms with van der Waals surface area (Å²) in [5.41, 5.74) is 1.09. The summed E-state index contributed by atoms with van der Waals surface area (Å²) in [5.74, 6) is -1.13. The second-order valence-electron chi connectivity index (χ2n) is 3.51. The number of alkyl halides is 3. The number of rotatable bonds is 1. The number of halogens is 3. The van der Waals surface area contributed by atoms with Gasteiger partial charge >= 0.3 is 5.97 Å². The van der Waals surface area contributed by atoms with Crippen LogP contribution in [0.15, 0.2) is 24.3 Å². The number of nitrogens with one attached hydrogen (secondary N) is 1. The lowest BCUT2D eigenvalue weighted by molar-refractivity contribution is -0.154. The molecule has 17 heavy (non-hydrogen) atoms. The summed E-state index contributed by atoms with van der Waals surface area (Å²) < 4.78 is 3.48. The number of carbonyl (C=O) groups is 1. The summed E-state index contributed by atoms with van der Waals surface area (Å²) in [5, 5.41) is 11.9. The van der Waals surface area contributed by atoms with Crippen LogP contribution in [-0.4, -0.2) is 21.1 Å². The Labute approximate surface area is 112 Å². The van der Waals surface area contributed by atoms with E-state index < -0.39 is 22.1 Å². The molecule has 1 aliphatic rings. The van der Waals surface area contributed by atoms with Gasteiger partial charge in [-0.3, -0.25) is 0 Å². The number of aliphatic carboxylic acids is 1. The standard InChI is InChI=1S/C10H8Cl3NO3/c11-10(12,13)9-14-6-4-2-1-3-5(6)7(17-9)8(15)16/h1-4,7,9,14H,(H,15,16). The molecule has 92 valence electrons. The van der Waals surface area contributed by atoms with Crippen molar-refractivity contribution >= 4 is 46.5 Å². The Kier molecular flexibility index (Phi) is 3.41. The first-order valence-electron chi connectivity index (χ1n) is 4.70. The van der Waals surface area contributed by atoms with E-state index >= 15 is 0 Å². The molecular formula is C10H8Cl3NO3. The van der Waals surface area contributed by atoms with Gasteiger partial charge in [-0.05, 0) is 6.07 Å². The lowest BCUT2D eigenvalue weighted by atomic mass is 10.1. The first-order chi connectivity index (χ1) is 7.89. The van der Waals surface area contributed by atoms with Crippen molar-refractivity contribution in [2.75, 3.05) is 5.32 Å². The fraction of sp³-hybridized carbons (Fsp3) is 0.300. The van der Waals surface area contributed by atoms with E-state index in [0.29, 0.717) is 11.3 Å². The smallest absolute Gasteiger partial charge is 0.337 e. The van der Waals surface area contributed by atoms with Gasteiger partial charge in [0.25, 0.3) is 0 Å². The van der Waals surface area contributed by atoms with Gasteiger partial charge < -0.3 is 15.2 Å². The van der Waals surface area contributed by atoms with Crippen molar-refractivity contribution in [3.05, 3.63) is 29.8 Å². The van der Waals surface area contributed by atoms with Gasteiger partial charge in [-0.15, -0.1) is 0 Å². The van der Waals surface area contributed by atoms with Crippen molar-refractivity contribution in [1.82, 2.24) is 0 Å². The van der Waals surface area contributed by atoms with Gasteiger partial charge in [0.05, 0.1) is 0 Å². The molecule has 2 unspecified atom stereocenters. The molecule has 4 nitrogen and oxygen atoms in total. The van der Waals surface area contributed by atoms with Gasteiger partial charge in [0, 0.05) is 11.3 Å². The zero-order valence-corrected chi connectivity index (χ0v) is 10.6. The van der Waals surface area contributed by atoms with Crippen LogP contribution < -0.4 is 5.32 Å². The van der Waals surface area contributed by atoms with Gasteiger partial charge in [0.15, 0.2) is 12.3 Å². The fourth-order valence-corrected chi connectivity index (χ4v) is 1.91. The number of ether oxygens (including phenoxy) is 1. The zero-order valence-electron chi connectivity index (χ0n) is 8.36. The number of benzene rings is 1. The molecule has 0 radical (unpaired) electrons. The summed E-state index contributed by atoms with van der Waals surface area (Å²) in [4.78, 5) is 11.1. The lowest BCUT2D eigenvalue weighted by Gasteiger charge is -2.34. The van der Waals surface area contributed by atoms with Crippen molar-refractivity contribution in [2.45, 2.75) is 16.1 Å². The van der Waals surface area contributed by atoms with Crippen LogP contribution in [0.4, 0.5) is 5.69 Å². The quantitative estimate of drug-likeness (QED) is 0.782. The van der Waals surface area contributed by atoms with Crippen LogP contribution in [0.25, 0.3) is 0 Å². The normalized spacial score (nSPS) is 23.7. The van der Waals surface area contributed by atoms with E-state index in [9.17, 15) is 4.79 Å². The van der Waals surface area contributed by atoms with E-state index in [2.05, 4.69) is 5.32 Å². The third-order valence-electron chi connectivity index (χ3n) is 2.32. The molecule has 1 aliphatic heterocycles. The number of fused-ring (bicyclic) bond motifs is 1. The first-order valence-corrected chi connectivity index (χ1v) is 5.83. The van der Waals surface area contributed by atoms with Crippen LogP contribution >= 0.6 is 34.8 Å². The summed E-state index contributed by atoms with van der Waals surface area (Å²) in [7, 11) is 0. The summed E-state index contributed by atoms with van der Waals surface area (Å²) in [6.07, 6.45) is -2.16. The van der Waals surface area contributed by atoms with E-state index in [-0.39, 0.29) is 0 Å². The number of carboxylic acids is 1. The number of para-hydroxylation sites is 1. The minimum absolute atomic E-state index is 0.505. The molecule has 1 aromatic rings. The van der Waals surface area contributed by atoms with E-state index in [0.717, 1.165) is 0 Å². The molecule has 1 aromatic carbocycles. The second kappa shape index (κ2) is 4.53. The van der Waals surface area contributed by atoms with Crippen molar-refractivity contribution in [3.8, 4) is 0 Å². The number of carboxylic acid groups (broad SMARTS) is 1. The first kappa shape index (κ1) is 12.8. The Morgan fingerprint density at radius 1 is 1.35 bits per heavy atom.